The standard InChI is InChI=1S/C18H26/c1-6-10-17(14(5)8-3)16(9-4)18(11-7-2)15-12-13-15/h6-8,10-11,15H,3,9,12-13H2,1-2,4-5H3/b10-6-,11-7-,17-14+,18-16-. The van der Waals surface area contributed by atoms with Crippen LogP contribution in [-0.2, 0) is 0 Å². The zero-order chi connectivity index (χ0) is 13.5. The number of hydrogen-bond donors (Lipinski definition) is 0. The number of hydrogen-bond acceptors (Lipinski definition) is 0. The molecule has 0 aromatic heterocycles. The maximum Gasteiger partial charge on any atom is -0.0159 e. The van der Waals surface area contributed by atoms with E-state index < -0.39 is 0 Å². The molecule has 1 aliphatic rings. The molecular weight excluding hydrogens is 216 g/mol. The second-order valence-corrected chi connectivity index (χ2v) is 4.86. The van der Waals surface area contributed by atoms with Gasteiger partial charge < -0.3 is 0 Å². The zero-order valence-electron chi connectivity index (χ0n) is 12.3. The lowest BCUT2D eigenvalue weighted by Gasteiger charge is -2.14. The van der Waals surface area contributed by atoms with Crippen molar-refractivity contribution >= 4 is 0 Å². The Morgan fingerprint density at radius 1 is 1.17 bits per heavy atom. The summed E-state index contributed by atoms with van der Waals surface area (Å²) in [7, 11) is 0. The lowest BCUT2D eigenvalue weighted by atomic mass is 9.91. The highest BCUT2D eigenvalue weighted by Gasteiger charge is 2.27. The van der Waals surface area contributed by atoms with Crippen LogP contribution in [0.1, 0.15) is 47.0 Å². The molecule has 0 aliphatic heterocycles. The first-order valence-electron chi connectivity index (χ1n) is 7.01. The van der Waals surface area contributed by atoms with Crippen LogP contribution in [0.3, 0.4) is 0 Å². The number of allylic oxidation sites excluding steroid dienone is 9. The van der Waals surface area contributed by atoms with Gasteiger partial charge in [-0.25, -0.2) is 0 Å². The summed E-state index contributed by atoms with van der Waals surface area (Å²) in [5, 5.41) is 0. The Morgan fingerprint density at radius 3 is 2.17 bits per heavy atom. The summed E-state index contributed by atoms with van der Waals surface area (Å²) in [5.41, 5.74) is 5.66. The van der Waals surface area contributed by atoms with Crippen molar-refractivity contribution < 1.29 is 0 Å². The molecule has 0 aromatic rings. The smallest absolute Gasteiger partial charge is 0.0159 e. The van der Waals surface area contributed by atoms with Gasteiger partial charge in [-0.15, -0.1) is 0 Å². The Kier molecular flexibility index (Phi) is 5.91. The van der Waals surface area contributed by atoms with E-state index in [9.17, 15) is 0 Å². The van der Waals surface area contributed by atoms with Crippen LogP contribution in [0.25, 0.3) is 0 Å². The monoisotopic (exact) mass is 242 g/mol. The van der Waals surface area contributed by atoms with Crippen molar-refractivity contribution in [1.82, 2.24) is 0 Å². The first-order valence-corrected chi connectivity index (χ1v) is 7.01. The van der Waals surface area contributed by atoms with Crippen LogP contribution in [0.2, 0.25) is 0 Å². The zero-order valence-corrected chi connectivity index (χ0v) is 12.3. The lowest BCUT2D eigenvalue weighted by Crippen LogP contribution is -1.96. The molecule has 0 bridgehead atoms. The molecule has 0 heterocycles. The second kappa shape index (κ2) is 7.20. The molecule has 1 fully saturated rings. The van der Waals surface area contributed by atoms with Gasteiger partial charge in [-0.3, -0.25) is 0 Å². The van der Waals surface area contributed by atoms with Gasteiger partial charge in [-0.1, -0.05) is 43.9 Å². The molecule has 0 heteroatoms. The minimum Gasteiger partial charge on any atom is -0.0988 e. The first-order chi connectivity index (χ1) is 8.69. The van der Waals surface area contributed by atoms with Gasteiger partial charge in [0.15, 0.2) is 0 Å². The predicted octanol–water partition coefficient (Wildman–Crippen LogP) is 5.76. The predicted molar refractivity (Wildman–Crippen MR) is 82.6 cm³/mol. The molecule has 18 heavy (non-hydrogen) atoms. The molecule has 0 saturated heterocycles. The van der Waals surface area contributed by atoms with Gasteiger partial charge >= 0.3 is 0 Å². The molecule has 0 spiro atoms. The van der Waals surface area contributed by atoms with Crippen molar-refractivity contribution in [2.24, 2.45) is 5.92 Å². The van der Waals surface area contributed by atoms with E-state index in [-0.39, 0.29) is 0 Å². The molecule has 1 rings (SSSR count). The Morgan fingerprint density at radius 2 is 1.78 bits per heavy atom. The van der Waals surface area contributed by atoms with Crippen molar-refractivity contribution in [3.05, 3.63) is 59.3 Å². The van der Waals surface area contributed by atoms with Gasteiger partial charge in [0.05, 0.1) is 0 Å². The van der Waals surface area contributed by atoms with Crippen LogP contribution in [0.5, 0.6) is 0 Å². The van der Waals surface area contributed by atoms with Crippen LogP contribution in [0.15, 0.2) is 59.3 Å². The molecule has 0 atom stereocenters. The third kappa shape index (κ3) is 3.60. The summed E-state index contributed by atoms with van der Waals surface area (Å²) in [6.07, 6.45) is 14.6. The van der Waals surface area contributed by atoms with Crippen molar-refractivity contribution in [2.45, 2.75) is 47.0 Å². The summed E-state index contributed by atoms with van der Waals surface area (Å²) in [5.74, 6) is 0.786. The summed E-state index contributed by atoms with van der Waals surface area (Å²) in [6.45, 7) is 12.5. The quantitative estimate of drug-likeness (QED) is 0.520. The molecule has 1 aliphatic carbocycles. The second-order valence-electron chi connectivity index (χ2n) is 4.86. The van der Waals surface area contributed by atoms with Crippen molar-refractivity contribution in [2.75, 3.05) is 0 Å². The normalized spacial score (nSPS) is 19.1. The summed E-state index contributed by atoms with van der Waals surface area (Å²) in [4.78, 5) is 0. The summed E-state index contributed by atoms with van der Waals surface area (Å²) < 4.78 is 0. The Balaban J connectivity index is 3.35. The topological polar surface area (TPSA) is 0 Å². The van der Waals surface area contributed by atoms with E-state index in [1.807, 2.05) is 6.08 Å². The van der Waals surface area contributed by atoms with Crippen LogP contribution < -0.4 is 0 Å². The molecule has 0 amide bonds. The largest absolute Gasteiger partial charge is 0.0988 e. The van der Waals surface area contributed by atoms with Gasteiger partial charge in [0.25, 0.3) is 0 Å². The molecule has 0 radical (unpaired) electrons. The maximum atomic E-state index is 3.91. The van der Waals surface area contributed by atoms with Crippen LogP contribution in [-0.4, -0.2) is 0 Å². The highest BCUT2D eigenvalue weighted by Crippen LogP contribution is 2.41. The highest BCUT2D eigenvalue weighted by atomic mass is 14.3. The van der Waals surface area contributed by atoms with E-state index in [1.165, 1.54) is 35.1 Å². The first kappa shape index (κ1) is 14.8. The molecule has 0 aromatic carbocycles. The van der Waals surface area contributed by atoms with E-state index in [0.29, 0.717) is 0 Å². The lowest BCUT2D eigenvalue weighted by molar-refractivity contribution is 0.975. The van der Waals surface area contributed by atoms with E-state index in [1.54, 1.807) is 0 Å². The highest BCUT2D eigenvalue weighted by molar-refractivity contribution is 5.51. The van der Waals surface area contributed by atoms with E-state index in [4.69, 9.17) is 0 Å². The van der Waals surface area contributed by atoms with Crippen LogP contribution in [0, 0.1) is 5.92 Å². The maximum absolute atomic E-state index is 3.91. The summed E-state index contributed by atoms with van der Waals surface area (Å²) in [6, 6.07) is 0. The van der Waals surface area contributed by atoms with Gasteiger partial charge in [-0.05, 0) is 68.2 Å². The van der Waals surface area contributed by atoms with Crippen molar-refractivity contribution in [3.63, 3.8) is 0 Å². The van der Waals surface area contributed by atoms with E-state index >= 15 is 0 Å². The van der Waals surface area contributed by atoms with Crippen LogP contribution >= 0.6 is 0 Å². The average molecular weight is 242 g/mol. The van der Waals surface area contributed by atoms with Gasteiger partial charge in [-0.2, -0.15) is 0 Å². The average Bonchev–Trinajstić information content (AvgIpc) is 3.20. The SMILES string of the molecule is C=C/C(C)=C(\C=C/C)C(/CC)=C(/C=C\C)C1CC1. The van der Waals surface area contributed by atoms with E-state index in [2.05, 4.69) is 58.6 Å². The fourth-order valence-corrected chi connectivity index (χ4v) is 2.35. The minimum atomic E-state index is 0.786. The Bertz CT molecular complexity index is 409. The third-order valence-corrected chi connectivity index (χ3v) is 3.45. The Labute approximate surface area is 112 Å². The molecular formula is C18H26. The van der Waals surface area contributed by atoms with Gasteiger partial charge in [0.1, 0.15) is 0 Å². The number of rotatable bonds is 6. The third-order valence-electron chi connectivity index (χ3n) is 3.45. The fourth-order valence-electron chi connectivity index (χ4n) is 2.35. The van der Waals surface area contributed by atoms with E-state index in [0.717, 1.165) is 12.3 Å². The van der Waals surface area contributed by atoms with Crippen molar-refractivity contribution in [1.29, 1.82) is 0 Å². The molecule has 0 nitrogen and oxygen atoms in total. The molecule has 0 N–H and O–H groups in total. The van der Waals surface area contributed by atoms with Gasteiger partial charge in [0, 0.05) is 0 Å². The molecule has 1 saturated carbocycles. The van der Waals surface area contributed by atoms with Gasteiger partial charge in [0.2, 0.25) is 0 Å². The minimum absolute atomic E-state index is 0.786. The molecule has 0 unspecified atom stereocenters. The van der Waals surface area contributed by atoms with Crippen LogP contribution in [0.4, 0.5) is 0 Å². The molecule has 98 valence electrons. The Hall–Kier alpha value is -1.30. The fraction of sp³-hybridized carbons (Fsp3) is 0.444. The summed E-state index contributed by atoms with van der Waals surface area (Å²) >= 11 is 0. The van der Waals surface area contributed by atoms with Crippen molar-refractivity contribution in [3.8, 4) is 0 Å².